The van der Waals surface area contributed by atoms with Crippen molar-refractivity contribution < 1.29 is 9.53 Å². The van der Waals surface area contributed by atoms with Crippen LogP contribution in [-0.2, 0) is 11.8 Å². The molecule has 0 saturated carbocycles. The van der Waals surface area contributed by atoms with Crippen LogP contribution in [0.25, 0.3) is 11.3 Å². The zero-order chi connectivity index (χ0) is 15.4. The van der Waals surface area contributed by atoms with Crippen molar-refractivity contribution in [2.75, 3.05) is 6.61 Å². The minimum atomic E-state index is -0.450. The summed E-state index contributed by atoms with van der Waals surface area (Å²) >= 11 is 0. The van der Waals surface area contributed by atoms with E-state index in [9.17, 15) is 4.79 Å². The smallest absolute Gasteiger partial charge is 0.361 e. The molecule has 0 unspecified atom stereocenters. The summed E-state index contributed by atoms with van der Waals surface area (Å²) in [5.74, 6) is -0.450. The highest BCUT2D eigenvalue weighted by Crippen LogP contribution is 2.27. The topological polar surface area (TPSA) is 74.8 Å². The van der Waals surface area contributed by atoms with Crippen LogP contribution in [0, 0.1) is 0 Å². The summed E-state index contributed by atoms with van der Waals surface area (Å²) in [5, 5.41) is 12.4. The van der Waals surface area contributed by atoms with E-state index < -0.39 is 5.97 Å². The molecule has 2 aromatic rings. The molecule has 0 radical (unpaired) electrons. The first-order chi connectivity index (χ1) is 10.1. The minimum Gasteiger partial charge on any atom is -0.461 e. The predicted molar refractivity (Wildman–Crippen MR) is 77.8 cm³/mol. The zero-order valence-electron chi connectivity index (χ0n) is 12.9. The van der Waals surface area contributed by atoms with Crippen molar-refractivity contribution in [1.29, 1.82) is 0 Å². The Bertz CT molecular complexity index is 613. The molecule has 0 saturated heterocycles. The highest BCUT2D eigenvalue weighted by atomic mass is 16.5. The van der Waals surface area contributed by atoms with Gasteiger partial charge in [0.05, 0.1) is 18.8 Å². The zero-order valence-corrected chi connectivity index (χ0v) is 12.9. The number of nitrogens with zero attached hydrogens (tertiary/aromatic N) is 5. The maximum absolute atomic E-state index is 12.1. The molecule has 7 nitrogen and oxygen atoms in total. The minimum absolute atomic E-state index is 0.191. The van der Waals surface area contributed by atoms with E-state index in [1.165, 1.54) is 0 Å². The predicted octanol–water partition coefficient (Wildman–Crippen LogP) is 2.22. The summed E-state index contributed by atoms with van der Waals surface area (Å²) in [7, 11) is 1.83. The van der Waals surface area contributed by atoms with E-state index in [0.717, 1.165) is 18.4 Å². The largest absolute Gasteiger partial charge is 0.461 e. The van der Waals surface area contributed by atoms with E-state index in [2.05, 4.69) is 29.3 Å². The lowest BCUT2D eigenvalue weighted by Gasteiger charge is -2.15. The first-order valence-corrected chi connectivity index (χ1v) is 7.23. The maximum atomic E-state index is 12.1. The van der Waals surface area contributed by atoms with Gasteiger partial charge in [0, 0.05) is 18.8 Å². The summed E-state index contributed by atoms with van der Waals surface area (Å²) in [5.41, 5.74) is 1.74. The molecule has 2 heterocycles. The van der Waals surface area contributed by atoms with E-state index in [1.54, 1.807) is 17.8 Å². The van der Waals surface area contributed by atoms with Gasteiger partial charge in [0.15, 0.2) is 5.69 Å². The molecule has 0 fully saturated rings. The number of carbonyl (C=O) groups excluding carboxylic acids is 1. The monoisotopic (exact) mass is 291 g/mol. The molecule has 0 spiro atoms. The Labute approximate surface area is 123 Å². The van der Waals surface area contributed by atoms with Crippen LogP contribution >= 0.6 is 0 Å². The Morgan fingerprint density at radius 2 is 2.05 bits per heavy atom. The number of carbonyl (C=O) groups is 1. The third-order valence-corrected chi connectivity index (χ3v) is 3.43. The fourth-order valence-corrected chi connectivity index (χ4v) is 2.33. The van der Waals surface area contributed by atoms with Crippen LogP contribution in [0.15, 0.2) is 12.4 Å². The van der Waals surface area contributed by atoms with Gasteiger partial charge in [0.2, 0.25) is 0 Å². The third-order valence-electron chi connectivity index (χ3n) is 3.43. The van der Waals surface area contributed by atoms with Crippen LogP contribution in [0.3, 0.4) is 0 Å². The van der Waals surface area contributed by atoms with Gasteiger partial charge in [0.1, 0.15) is 5.69 Å². The van der Waals surface area contributed by atoms with E-state index in [-0.39, 0.29) is 11.7 Å². The lowest BCUT2D eigenvalue weighted by atomic mass is 10.1. The number of rotatable bonds is 6. The van der Waals surface area contributed by atoms with Crippen LogP contribution < -0.4 is 0 Å². The average molecular weight is 291 g/mol. The lowest BCUT2D eigenvalue weighted by Crippen LogP contribution is -2.12. The quantitative estimate of drug-likeness (QED) is 0.763. The summed E-state index contributed by atoms with van der Waals surface area (Å²) in [6.07, 6.45) is 5.38. The molecule has 114 valence electrons. The van der Waals surface area contributed by atoms with Gasteiger partial charge in [0.25, 0.3) is 0 Å². The van der Waals surface area contributed by atoms with Gasteiger partial charge in [-0.15, -0.1) is 5.10 Å². The maximum Gasteiger partial charge on any atom is 0.361 e. The average Bonchev–Trinajstić information content (AvgIpc) is 3.07. The second-order valence-electron chi connectivity index (χ2n) is 4.82. The normalized spacial score (nSPS) is 11.1. The van der Waals surface area contributed by atoms with Gasteiger partial charge < -0.3 is 4.74 Å². The molecule has 0 amide bonds. The third kappa shape index (κ3) is 2.96. The van der Waals surface area contributed by atoms with Crippen molar-refractivity contribution in [1.82, 2.24) is 24.8 Å². The molecule has 2 aromatic heterocycles. The van der Waals surface area contributed by atoms with E-state index >= 15 is 0 Å². The molecule has 0 atom stereocenters. The van der Waals surface area contributed by atoms with Gasteiger partial charge >= 0.3 is 5.97 Å². The van der Waals surface area contributed by atoms with Crippen molar-refractivity contribution in [3.8, 4) is 11.3 Å². The number of aromatic nitrogens is 5. The van der Waals surface area contributed by atoms with Gasteiger partial charge in [-0.25, -0.2) is 9.48 Å². The summed E-state index contributed by atoms with van der Waals surface area (Å²) in [6, 6.07) is 0.191. The van der Waals surface area contributed by atoms with Gasteiger partial charge in [-0.3, -0.25) is 4.68 Å². The SMILES string of the molecule is CCOC(=O)c1nnn(C(CC)CC)c1-c1cnn(C)c1. The van der Waals surface area contributed by atoms with Crippen molar-refractivity contribution in [3.05, 3.63) is 18.1 Å². The summed E-state index contributed by atoms with van der Waals surface area (Å²) in [6.45, 7) is 6.26. The molecule has 0 N–H and O–H groups in total. The van der Waals surface area contributed by atoms with Crippen molar-refractivity contribution in [2.24, 2.45) is 7.05 Å². The number of esters is 1. The van der Waals surface area contributed by atoms with E-state index in [4.69, 9.17) is 4.74 Å². The Morgan fingerprint density at radius 3 is 2.57 bits per heavy atom. The first kappa shape index (κ1) is 15.2. The van der Waals surface area contributed by atoms with Crippen molar-refractivity contribution >= 4 is 5.97 Å². The standard InChI is InChI=1S/C14H21N5O2/c1-5-11(6-2)19-13(10-8-15-18(4)9-10)12(16-17-19)14(20)21-7-3/h8-9,11H,5-7H2,1-4H3. The fourth-order valence-electron chi connectivity index (χ4n) is 2.33. The molecular formula is C14H21N5O2. The number of ether oxygens (including phenoxy) is 1. The molecule has 0 aliphatic heterocycles. The molecule has 0 aromatic carbocycles. The van der Waals surface area contributed by atoms with E-state index in [0.29, 0.717) is 12.3 Å². The molecule has 0 bridgehead atoms. The molecule has 0 aliphatic carbocycles. The molecule has 21 heavy (non-hydrogen) atoms. The summed E-state index contributed by atoms with van der Waals surface area (Å²) < 4.78 is 8.57. The number of aryl methyl sites for hydroxylation is 1. The number of hydrogen-bond donors (Lipinski definition) is 0. The van der Waals surface area contributed by atoms with Crippen molar-refractivity contribution in [2.45, 2.75) is 39.7 Å². The van der Waals surface area contributed by atoms with Gasteiger partial charge in [-0.1, -0.05) is 19.1 Å². The highest BCUT2D eigenvalue weighted by Gasteiger charge is 2.25. The first-order valence-electron chi connectivity index (χ1n) is 7.23. The highest BCUT2D eigenvalue weighted by molar-refractivity contribution is 5.93. The molecule has 2 rings (SSSR count). The van der Waals surface area contributed by atoms with Crippen molar-refractivity contribution in [3.63, 3.8) is 0 Å². The lowest BCUT2D eigenvalue weighted by molar-refractivity contribution is 0.0520. The van der Waals surface area contributed by atoms with Crippen LogP contribution in [0.5, 0.6) is 0 Å². The number of hydrogen-bond acceptors (Lipinski definition) is 5. The molecule has 0 aliphatic rings. The second-order valence-corrected chi connectivity index (χ2v) is 4.82. The molecule has 7 heteroatoms. The van der Waals surface area contributed by atoms with Crippen LogP contribution in [0.4, 0.5) is 0 Å². The Morgan fingerprint density at radius 1 is 1.33 bits per heavy atom. The van der Waals surface area contributed by atoms with Crippen LogP contribution in [0.1, 0.15) is 50.1 Å². The van der Waals surface area contributed by atoms with Gasteiger partial charge in [-0.05, 0) is 19.8 Å². The Hall–Kier alpha value is -2.18. The fraction of sp³-hybridized carbons (Fsp3) is 0.571. The van der Waals surface area contributed by atoms with Crippen LogP contribution in [-0.4, -0.2) is 37.4 Å². The summed E-state index contributed by atoms with van der Waals surface area (Å²) in [4.78, 5) is 12.1. The Balaban J connectivity index is 2.55. The molecular weight excluding hydrogens is 270 g/mol. The van der Waals surface area contributed by atoms with Crippen LogP contribution in [0.2, 0.25) is 0 Å². The van der Waals surface area contributed by atoms with E-state index in [1.807, 2.05) is 17.9 Å². The Kier molecular flexibility index (Phi) is 4.72. The van der Waals surface area contributed by atoms with Gasteiger partial charge in [-0.2, -0.15) is 5.10 Å². The second kappa shape index (κ2) is 6.51.